The van der Waals surface area contributed by atoms with Crippen LogP contribution in [0.3, 0.4) is 0 Å². The SMILES string of the molecule is c1ccc2c(c#1)oc1nc3ccc([C@H]4c5ccccc5C([C@H]5C=c6c(ccc7ccccc67)=CC5)=C5C=CCCC54)cc3cc12. The van der Waals surface area contributed by atoms with Gasteiger partial charge in [-0.2, -0.15) is 0 Å². The highest BCUT2D eigenvalue weighted by Gasteiger charge is 2.38. The molecule has 2 aromatic heterocycles. The molecule has 212 valence electrons. The lowest BCUT2D eigenvalue weighted by Gasteiger charge is -2.40. The largest absolute Gasteiger partial charge is 0.429 e. The molecule has 2 heterocycles. The van der Waals surface area contributed by atoms with Crippen molar-refractivity contribution in [2.24, 2.45) is 11.8 Å². The normalized spacial score (nSPS) is 20.4. The minimum Gasteiger partial charge on any atom is -0.429 e. The monoisotopic (exact) mass is 575 g/mol. The summed E-state index contributed by atoms with van der Waals surface area (Å²) in [5.41, 5.74) is 9.56. The molecule has 0 saturated heterocycles. The van der Waals surface area contributed by atoms with E-state index in [0.29, 0.717) is 23.1 Å². The number of fused-ring (bicyclic) bond motifs is 9. The third-order valence-electron chi connectivity index (χ3n) is 10.4. The summed E-state index contributed by atoms with van der Waals surface area (Å²) in [6, 6.07) is 41.7. The molecule has 0 amide bonds. The fraction of sp³-hybridized carbons (Fsp3) is 0.140. The van der Waals surface area contributed by atoms with Gasteiger partial charge in [-0.3, -0.25) is 0 Å². The van der Waals surface area contributed by atoms with Crippen LogP contribution in [0.25, 0.3) is 61.5 Å². The van der Waals surface area contributed by atoms with Crippen LogP contribution in [0, 0.1) is 24.0 Å². The molecule has 0 fully saturated rings. The Hall–Kier alpha value is -5.39. The maximum atomic E-state index is 6.02. The molecule has 0 radical (unpaired) electrons. The molecule has 10 rings (SSSR count). The van der Waals surface area contributed by atoms with Crippen molar-refractivity contribution in [1.29, 1.82) is 0 Å². The van der Waals surface area contributed by atoms with Crippen LogP contribution in [0.1, 0.15) is 41.9 Å². The van der Waals surface area contributed by atoms with Gasteiger partial charge in [-0.1, -0.05) is 97.1 Å². The van der Waals surface area contributed by atoms with Gasteiger partial charge in [0.1, 0.15) is 0 Å². The summed E-state index contributed by atoms with van der Waals surface area (Å²) in [6.07, 6.45) is 13.2. The Morgan fingerprint density at radius 1 is 0.822 bits per heavy atom. The Kier molecular flexibility index (Phi) is 5.31. The molecule has 0 aliphatic heterocycles. The second kappa shape index (κ2) is 9.55. The third kappa shape index (κ3) is 3.74. The summed E-state index contributed by atoms with van der Waals surface area (Å²) in [5.74, 6) is 1.05. The van der Waals surface area contributed by atoms with E-state index in [1.54, 1.807) is 0 Å². The first-order chi connectivity index (χ1) is 22.3. The lowest BCUT2D eigenvalue weighted by atomic mass is 9.63. The molecular weight excluding hydrogens is 546 g/mol. The van der Waals surface area contributed by atoms with Gasteiger partial charge in [0, 0.05) is 28.0 Å². The van der Waals surface area contributed by atoms with Crippen molar-refractivity contribution in [2.75, 3.05) is 0 Å². The lowest BCUT2D eigenvalue weighted by Crippen LogP contribution is -2.32. The van der Waals surface area contributed by atoms with Gasteiger partial charge >= 0.3 is 0 Å². The van der Waals surface area contributed by atoms with Crippen molar-refractivity contribution in [2.45, 2.75) is 25.2 Å². The van der Waals surface area contributed by atoms with Crippen LogP contribution in [0.2, 0.25) is 0 Å². The molecule has 2 heteroatoms. The molecule has 2 nitrogen and oxygen atoms in total. The Labute approximate surface area is 261 Å². The van der Waals surface area contributed by atoms with Crippen molar-refractivity contribution >= 4 is 61.5 Å². The Balaban J connectivity index is 1.16. The van der Waals surface area contributed by atoms with Crippen LogP contribution in [0.5, 0.6) is 0 Å². The fourth-order valence-corrected chi connectivity index (χ4v) is 8.42. The van der Waals surface area contributed by atoms with Crippen molar-refractivity contribution in [3.8, 4) is 0 Å². The number of hydrogen-bond donors (Lipinski definition) is 0. The van der Waals surface area contributed by atoms with Gasteiger partial charge in [0.2, 0.25) is 5.71 Å². The number of furan rings is 1. The number of pyridine rings is 1. The molecule has 1 unspecified atom stereocenters. The maximum absolute atomic E-state index is 6.02. The molecule has 0 saturated carbocycles. The predicted molar refractivity (Wildman–Crippen MR) is 184 cm³/mol. The van der Waals surface area contributed by atoms with Crippen molar-refractivity contribution < 1.29 is 4.42 Å². The summed E-state index contributed by atoms with van der Waals surface area (Å²) < 4.78 is 6.02. The summed E-state index contributed by atoms with van der Waals surface area (Å²) in [5, 5.41) is 8.60. The van der Waals surface area contributed by atoms with E-state index < -0.39 is 0 Å². The smallest absolute Gasteiger partial charge is 0.228 e. The summed E-state index contributed by atoms with van der Waals surface area (Å²) in [6.45, 7) is 0. The summed E-state index contributed by atoms with van der Waals surface area (Å²) in [7, 11) is 0. The molecule has 3 atom stereocenters. The number of aromatic nitrogens is 1. The first-order valence-electron chi connectivity index (χ1n) is 16.1. The molecule has 45 heavy (non-hydrogen) atoms. The Morgan fingerprint density at radius 2 is 1.76 bits per heavy atom. The van der Waals surface area contributed by atoms with Gasteiger partial charge in [0.05, 0.1) is 5.52 Å². The number of allylic oxidation sites excluding steroid dienone is 4. The maximum Gasteiger partial charge on any atom is 0.228 e. The minimum atomic E-state index is 0.287. The second-order valence-electron chi connectivity index (χ2n) is 12.8. The Bertz CT molecular complexity index is 2550. The standard InChI is InChI=1S/C43H29NO/c1-2-10-31-26(9-1)17-18-27-19-20-29(24-37(27)31)42-35-14-5-3-12-33(35)41(34-13-4-6-15-36(34)42)28-21-22-39-30(23-28)25-38-32-11-7-8-16-40(32)45-43(38)44-39/h1-3,5-7,9-12,14-15,17-19,21-25,29,34,41H,4,13,20H2/t29-,34?,41+/m1/s1. The van der Waals surface area contributed by atoms with E-state index >= 15 is 0 Å². The van der Waals surface area contributed by atoms with E-state index in [4.69, 9.17) is 9.40 Å². The van der Waals surface area contributed by atoms with Gasteiger partial charge in [0.15, 0.2) is 5.58 Å². The third-order valence-corrected chi connectivity index (χ3v) is 10.4. The van der Waals surface area contributed by atoms with E-state index in [9.17, 15) is 0 Å². The van der Waals surface area contributed by atoms with Crippen LogP contribution in [0.4, 0.5) is 0 Å². The van der Waals surface area contributed by atoms with Crippen LogP contribution >= 0.6 is 0 Å². The number of rotatable bonds is 2. The molecule has 0 N–H and O–H groups in total. The first kappa shape index (κ1) is 25.0. The van der Waals surface area contributed by atoms with Gasteiger partial charge in [-0.15, -0.1) is 0 Å². The van der Waals surface area contributed by atoms with Crippen LogP contribution < -0.4 is 10.4 Å². The summed E-state index contributed by atoms with van der Waals surface area (Å²) in [4.78, 5) is 4.91. The molecule has 0 bridgehead atoms. The van der Waals surface area contributed by atoms with Crippen molar-refractivity contribution in [3.63, 3.8) is 0 Å². The zero-order valence-electron chi connectivity index (χ0n) is 24.8. The number of nitrogens with zero attached hydrogens (tertiary/aromatic N) is 1. The quantitative estimate of drug-likeness (QED) is 0.206. The average molecular weight is 576 g/mol. The molecular formula is C43H29NO. The van der Waals surface area contributed by atoms with E-state index in [1.165, 1.54) is 49.0 Å². The number of benzene rings is 4. The highest BCUT2D eigenvalue weighted by atomic mass is 16.3. The van der Waals surface area contributed by atoms with Crippen LogP contribution in [-0.2, 0) is 0 Å². The highest BCUT2D eigenvalue weighted by Crippen LogP contribution is 2.52. The van der Waals surface area contributed by atoms with E-state index in [0.717, 1.165) is 40.9 Å². The lowest BCUT2D eigenvalue weighted by molar-refractivity contribution is 0.492. The van der Waals surface area contributed by atoms with Crippen LogP contribution in [0.15, 0.2) is 119 Å². The highest BCUT2D eigenvalue weighted by molar-refractivity contribution is 6.07. The minimum absolute atomic E-state index is 0.287. The van der Waals surface area contributed by atoms with E-state index in [1.807, 2.05) is 12.1 Å². The van der Waals surface area contributed by atoms with Gasteiger partial charge in [0.25, 0.3) is 0 Å². The fourth-order valence-electron chi connectivity index (χ4n) is 8.42. The summed E-state index contributed by atoms with van der Waals surface area (Å²) >= 11 is 0. The molecule has 3 aliphatic carbocycles. The van der Waals surface area contributed by atoms with Gasteiger partial charge < -0.3 is 4.42 Å². The average Bonchev–Trinajstić information content (AvgIpc) is 3.46. The zero-order chi connectivity index (χ0) is 29.5. The zero-order valence-corrected chi connectivity index (χ0v) is 24.8. The molecule has 0 spiro atoms. The first-order valence-corrected chi connectivity index (χ1v) is 16.1. The number of hydrogen-bond acceptors (Lipinski definition) is 2. The second-order valence-corrected chi connectivity index (χ2v) is 12.8. The Morgan fingerprint density at radius 3 is 2.76 bits per heavy atom. The van der Waals surface area contributed by atoms with Crippen molar-refractivity contribution in [3.05, 3.63) is 154 Å². The van der Waals surface area contributed by atoms with Crippen LogP contribution in [-0.4, -0.2) is 4.98 Å². The molecule has 3 aliphatic rings. The van der Waals surface area contributed by atoms with Gasteiger partial charge in [-0.05, 0) is 111 Å². The molecule has 7 aromatic rings. The predicted octanol–water partition coefficient (Wildman–Crippen LogP) is 9.03. The van der Waals surface area contributed by atoms with Gasteiger partial charge in [-0.25, -0.2) is 4.98 Å². The molecule has 5 aromatic carbocycles. The topological polar surface area (TPSA) is 26.0 Å². The van der Waals surface area contributed by atoms with E-state index in [2.05, 4.69) is 121 Å². The van der Waals surface area contributed by atoms with E-state index in [-0.39, 0.29) is 5.92 Å². The van der Waals surface area contributed by atoms with Crippen molar-refractivity contribution in [1.82, 2.24) is 4.98 Å².